The number of nitrogens with one attached hydrogen (secondary N) is 5. The van der Waals surface area contributed by atoms with Crippen LogP contribution in [0.5, 0.6) is 0 Å². The summed E-state index contributed by atoms with van der Waals surface area (Å²) in [5, 5.41) is 10.9. The molecule has 0 aromatic carbocycles. The molecule has 4 aliphatic heterocycles. The molecular weight excluding hydrogens is 446 g/mol. The zero-order chi connectivity index (χ0) is 24.2. The Bertz CT molecular complexity index is 866. The van der Waals surface area contributed by atoms with Crippen LogP contribution in [0.25, 0.3) is 0 Å². The van der Waals surface area contributed by atoms with Crippen LogP contribution in [0.3, 0.4) is 0 Å². The maximum Gasteiger partial charge on any atom is 0.242 e. The number of aromatic nitrogens is 1. The van der Waals surface area contributed by atoms with Crippen molar-refractivity contribution in [1.82, 2.24) is 31.4 Å². The topological polar surface area (TPSA) is 140 Å². The monoisotopic (exact) mass is 485 g/mol. The van der Waals surface area contributed by atoms with Gasteiger partial charge in [-0.05, 0) is 43.7 Å². The molecule has 5 heterocycles. The fourth-order valence-electron chi connectivity index (χ4n) is 5.90. The van der Waals surface area contributed by atoms with E-state index in [-0.39, 0.29) is 36.2 Å². The molecule has 0 spiro atoms. The molecule has 1 aromatic heterocycles. The molecule has 4 aliphatic rings. The van der Waals surface area contributed by atoms with Gasteiger partial charge in [0.15, 0.2) is 0 Å². The summed E-state index contributed by atoms with van der Waals surface area (Å²) in [6.45, 7) is 4.55. The van der Waals surface area contributed by atoms with E-state index in [2.05, 4.69) is 36.6 Å². The summed E-state index contributed by atoms with van der Waals surface area (Å²) in [4.78, 5) is 33.4. The minimum absolute atomic E-state index is 0.0172. The van der Waals surface area contributed by atoms with Crippen molar-refractivity contribution in [3.8, 4) is 0 Å². The standard InChI is InChI=1S/C24H39N9O2/c25-19(34)13-16-7-11-32(12-8-16)20-6-5-17(14-26-20)28-22-21-18(15-27-31-23(21)35)29-24(30-22)33-9-3-1-2-4-10-33/h5-6,14,16,18,21-22,24,27-30H,1-4,7-13,15H2,(H2,25,34)(H,31,35). The minimum atomic E-state index is -0.247. The number of nitrogens with zero attached hydrogens (tertiary/aromatic N) is 3. The van der Waals surface area contributed by atoms with Crippen LogP contribution < -0.4 is 37.4 Å². The predicted molar refractivity (Wildman–Crippen MR) is 134 cm³/mol. The number of amides is 2. The molecule has 35 heavy (non-hydrogen) atoms. The van der Waals surface area contributed by atoms with Gasteiger partial charge in [-0.3, -0.25) is 30.5 Å². The quantitative estimate of drug-likeness (QED) is 0.325. The molecule has 2 amide bonds. The molecule has 192 valence electrons. The highest BCUT2D eigenvalue weighted by molar-refractivity contribution is 5.81. The Morgan fingerprint density at radius 2 is 1.86 bits per heavy atom. The number of nitrogens with two attached hydrogens (primary N) is 1. The van der Waals surface area contributed by atoms with Crippen molar-refractivity contribution in [1.29, 1.82) is 0 Å². The van der Waals surface area contributed by atoms with Crippen molar-refractivity contribution in [2.45, 2.75) is 63.4 Å². The summed E-state index contributed by atoms with van der Waals surface area (Å²) in [5.74, 6) is 0.828. The molecule has 4 fully saturated rings. The van der Waals surface area contributed by atoms with E-state index < -0.39 is 0 Å². The van der Waals surface area contributed by atoms with E-state index in [1.54, 1.807) is 0 Å². The first-order chi connectivity index (χ1) is 17.1. The van der Waals surface area contributed by atoms with E-state index in [0.717, 1.165) is 50.5 Å². The van der Waals surface area contributed by atoms with Gasteiger partial charge in [0.2, 0.25) is 11.8 Å². The molecule has 11 heteroatoms. The van der Waals surface area contributed by atoms with Gasteiger partial charge in [0, 0.05) is 45.2 Å². The van der Waals surface area contributed by atoms with E-state index in [1.807, 2.05) is 18.3 Å². The van der Waals surface area contributed by atoms with E-state index in [0.29, 0.717) is 18.9 Å². The summed E-state index contributed by atoms with van der Waals surface area (Å²) in [7, 11) is 0. The number of carbonyl (C=O) groups excluding carboxylic acids is 2. The molecule has 0 aliphatic carbocycles. The zero-order valence-electron chi connectivity index (χ0n) is 20.3. The normalized spacial score (nSPS) is 30.7. The lowest BCUT2D eigenvalue weighted by Crippen LogP contribution is -2.76. The Labute approximate surface area is 206 Å². The van der Waals surface area contributed by atoms with Crippen LogP contribution in [0.1, 0.15) is 44.9 Å². The van der Waals surface area contributed by atoms with Crippen molar-refractivity contribution in [2.75, 3.05) is 42.9 Å². The molecule has 4 saturated heterocycles. The highest BCUT2D eigenvalue weighted by Crippen LogP contribution is 2.26. The maximum atomic E-state index is 12.8. The molecule has 7 N–H and O–H groups in total. The second-order valence-corrected chi connectivity index (χ2v) is 10.3. The predicted octanol–water partition coefficient (Wildman–Crippen LogP) is -0.117. The third kappa shape index (κ3) is 5.85. The van der Waals surface area contributed by atoms with Gasteiger partial charge in [-0.1, -0.05) is 12.8 Å². The highest BCUT2D eigenvalue weighted by Gasteiger charge is 2.45. The molecule has 4 atom stereocenters. The van der Waals surface area contributed by atoms with Crippen LogP contribution in [0.15, 0.2) is 18.3 Å². The maximum absolute atomic E-state index is 12.8. The summed E-state index contributed by atoms with van der Waals surface area (Å²) in [5.41, 5.74) is 12.1. The van der Waals surface area contributed by atoms with Crippen molar-refractivity contribution in [2.24, 2.45) is 17.6 Å². The summed E-state index contributed by atoms with van der Waals surface area (Å²) >= 11 is 0. The molecule has 0 bridgehead atoms. The lowest BCUT2D eigenvalue weighted by Gasteiger charge is -2.48. The van der Waals surface area contributed by atoms with Crippen molar-refractivity contribution in [3.63, 3.8) is 0 Å². The Morgan fingerprint density at radius 3 is 2.54 bits per heavy atom. The second-order valence-electron chi connectivity index (χ2n) is 10.3. The molecule has 0 saturated carbocycles. The number of likely N-dealkylation sites (tertiary alicyclic amines) is 1. The third-order valence-electron chi connectivity index (χ3n) is 7.84. The van der Waals surface area contributed by atoms with Crippen LogP contribution in [0.4, 0.5) is 11.5 Å². The molecule has 5 rings (SSSR count). The van der Waals surface area contributed by atoms with E-state index in [1.165, 1.54) is 25.7 Å². The lowest BCUT2D eigenvalue weighted by molar-refractivity contribution is -0.132. The highest BCUT2D eigenvalue weighted by atomic mass is 16.2. The first-order valence-corrected chi connectivity index (χ1v) is 13.1. The Hall–Kier alpha value is -2.47. The Balaban J connectivity index is 1.24. The lowest BCUT2D eigenvalue weighted by atomic mass is 9.91. The van der Waals surface area contributed by atoms with Gasteiger partial charge in [-0.15, -0.1) is 0 Å². The van der Waals surface area contributed by atoms with Crippen LogP contribution in [-0.4, -0.2) is 72.9 Å². The molecule has 11 nitrogen and oxygen atoms in total. The number of hydrazine groups is 1. The van der Waals surface area contributed by atoms with Crippen molar-refractivity contribution < 1.29 is 9.59 Å². The number of hydrogen-bond donors (Lipinski definition) is 6. The summed E-state index contributed by atoms with van der Waals surface area (Å²) in [6.07, 6.45) is 9.00. The minimum Gasteiger partial charge on any atom is -0.370 e. The van der Waals surface area contributed by atoms with Crippen LogP contribution in [-0.2, 0) is 9.59 Å². The molecular formula is C24H39N9O2. The van der Waals surface area contributed by atoms with Crippen LogP contribution in [0, 0.1) is 11.8 Å². The number of fused-ring (bicyclic) bond motifs is 1. The van der Waals surface area contributed by atoms with Crippen molar-refractivity contribution in [3.05, 3.63) is 18.3 Å². The van der Waals surface area contributed by atoms with Crippen LogP contribution >= 0.6 is 0 Å². The number of carbonyl (C=O) groups is 2. The second kappa shape index (κ2) is 11.1. The molecule has 0 radical (unpaired) electrons. The first kappa shape index (κ1) is 24.2. The fraction of sp³-hybridized carbons (Fsp3) is 0.708. The smallest absolute Gasteiger partial charge is 0.242 e. The molecule has 1 aromatic rings. The van der Waals surface area contributed by atoms with Gasteiger partial charge in [0.1, 0.15) is 12.1 Å². The zero-order valence-corrected chi connectivity index (χ0v) is 20.3. The number of primary amides is 1. The van der Waals surface area contributed by atoms with Gasteiger partial charge in [-0.25, -0.2) is 10.4 Å². The first-order valence-electron chi connectivity index (χ1n) is 13.1. The van der Waals surface area contributed by atoms with Gasteiger partial charge >= 0.3 is 0 Å². The average molecular weight is 486 g/mol. The number of piperidine rings is 1. The Morgan fingerprint density at radius 1 is 1.09 bits per heavy atom. The van der Waals surface area contributed by atoms with Crippen molar-refractivity contribution >= 4 is 23.3 Å². The number of rotatable bonds is 6. The summed E-state index contributed by atoms with van der Waals surface area (Å²) < 4.78 is 0. The van der Waals surface area contributed by atoms with Gasteiger partial charge in [-0.2, -0.15) is 0 Å². The number of pyridine rings is 1. The van der Waals surface area contributed by atoms with E-state index in [9.17, 15) is 9.59 Å². The SMILES string of the molecule is NC(=O)CC1CCN(c2ccc(NC3NC(N4CCCCCC4)NC4CNNC(=O)C43)cn2)CC1. The average Bonchev–Trinajstić information content (AvgIpc) is 3.14. The fourth-order valence-corrected chi connectivity index (χ4v) is 5.90. The number of hydrogen-bond acceptors (Lipinski definition) is 9. The third-order valence-corrected chi connectivity index (χ3v) is 7.84. The van der Waals surface area contributed by atoms with E-state index in [4.69, 9.17) is 10.7 Å². The van der Waals surface area contributed by atoms with Crippen LogP contribution in [0.2, 0.25) is 0 Å². The summed E-state index contributed by atoms with van der Waals surface area (Å²) in [6, 6.07) is 4.10. The Kier molecular flexibility index (Phi) is 7.66. The van der Waals surface area contributed by atoms with E-state index >= 15 is 0 Å². The van der Waals surface area contributed by atoms with Gasteiger partial charge in [0.25, 0.3) is 0 Å². The number of anilines is 2. The molecule has 4 unspecified atom stereocenters. The largest absolute Gasteiger partial charge is 0.370 e. The van der Waals surface area contributed by atoms with Gasteiger partial charge < -0.3 is 16.0 Å². The van der Waals surface area contributed by atoms with Gasteiger partial charge in [0.05, 0.1) is 24.0 Å².